The Bertz CT molecular complexity index is 389. The molecule has 0 spiro atoms. The molecule has 0 saturated carbocycles. The Balaban J connectivity index is 1.93. The minimum absolute atomic E-state index is 0.288. The van der Waals surface area contributed by atoms with Crippen molar-refractivity contribution in [2.75, 3.05) is 26.2 Å². The van der Waals surface area contributed by atoms with Crippen LogP contribution in [0.1, 0.15) is 31.4 Å². The van der Waals surface area contributed by atoms with Crippen LogP contribution >= 0.6 is 0 Å². The van der Waals surface area contributed by atoms with Gasteiger partial charge in [0.05, 0.1) is 0 Å². The predicted molar refractivity (Wildman–Crippen MR) is 70.2 cm³/mol. The molecule has 3 nitrogen and oxygen atoms in total. The van der Waals surface area contributed by atoms with E-state index in [2.05, 4.69) is 4.90 Å². The summed E-state index contributed by atoms with van der Waals surface area (Å²) in [7, 11) is 0. The topological polar surface area (TPSA) is 38.5 Å². The highest BCUT2D eigenvalue weighted by Crippen LogP contribution is 2.26. The molecule has 0 radical (unpaired) electrons. The normalized spacial score (nSPS) is 17.9. The smallest absolute Gasteiger partial charge is 0.131 e. The molecule has 1 aliphatic rings. The van der Waals surface area contributed by atoms with Crippen LogP contribution in [-0.2, 0) is 0 Å². The van der Waals surface area contributed by atoms with Crippen LogP contribution in [0.2, 0.25) is 0 Å². The van der Waals surface area contributed by atoms with Crippen molar-refractivity contribution in [3.63, 3.8) is 0 Å². The Morgan fingerprint density at radius 1 is 1.39 bits per heavy atom. The molecule has 0 unspecified atom stereocenters. The van der Waals surface area contributed by atoms with Gasteiger partial charge in [-0.25, -0.2) is 4.39 Å². The molecule has 4 heteroatoms. The fourth-order valence-electron chi connectivity index (χ4n) is 2.38. The first-order valence-electron chi connectivity index (χ1n) is 6.57. The molecule has 1 aromatic rings. The average Bonchev–Trinajstić information content (AvgIpc) is 2.81. The largest absolute Gasteiger partial charge is 0.492 e. The van der Waals surface area contributed by atoms with E-state index in [0.717, 1.165) is 19.6 Å². The van der Waals surface area contributed by atoms with Gasteiger partial charge in [-0.1, -0.05) is 6.07 Å². The van der Waals surface area contributed by atoms with Gasteiger partial charge in [0.1, 0.15) is 18.2 Å². The summed E-state index contributed by atoms with van der Waals surface area (Å²) in [6.45, 7) is 5.54. The first-order valence-corrected chi connectivity index (χ1v) is 6.57. The first kappa shape index (κ1) is 13.3. The summed E-state index contributed by atoms with van der Waals surface area (Å²) in [6.07, 6.45) is 2.54. The van der Waals surface area contributed by atoms with E-state index >= 15 is 0 Å². The molecule has 2 rings (SSSR count). The Hall–Kier alpha value is -1.13. The number of ether oxygens (including phenoxy) is 1. The van der Waals surface area contributed by atoms with Crippen molar-refractivity contribution in [3.05, 3.63) is 29.6 Å². The molecule has 1 fully saturated rings. The summed E-state index contributed by atoms with van der Waals surface area (Å²) < 4.78 is 19.3. The zero-order chi connectivity index (χ0) is 13.0. The molecular weight excluding hydrogens is 231 g/mol. The third-order valence-electron chi connectivity index (χ3n) is 3.33. The molecule has 18 heavy (non-hydrogen) atoms. The molecule has 1 saturated heterocycles. The highest BCUT2D eigenvalue weighted by Gasteiger charge is 2.15. The molecule has 100 valence electrons. The summed E-state index contributed by atoms with van der Waals surface area (Å²) in [5, 5.41) is 0. The van der Waals surface area contributed by atoms with E-state index in [-0.39, 0.29) is 11.9 Å². The Kier molecular flexibility index (Phi) is 4.55. The van der Waals surface area contributed by atoms with Gasteiger partial charge >= 0.3 is 0 Å². The average molecular weight is 252 g/mol. The Labute approximate surface area is 108 Å². The number of nitrogens with two attached hydrogens (primary N) is 1. The van der Waals surface area contributed by atoms with Gasteiger partial charge in [0, 0.05) is 18.2 Å². The number of nitrogens with zero attached hydrogens (tertiary/aromatic N) is 1. The fourth-order valence-corrected chi connectivity index (χ4v) is 2.38. The lowest BCUT2D eigenvalue weighted by atomic mass is 10.1. The summed E-state index contributed by atoms with van der Waals surface area (Å²) in [5.41, 5.74) is 6.25. The van der Waals surface area contributed by atoms with Crippen LogP contribution in [0, 0.1) is 5.82 Å². The summed E-state index contributed by atoms with van der Waals surface area (Å²) in [5.74, 6) is 0.285. The van der Waals surface area contributed by atoms with Gasteiger partial charge < -0.3 is 10.5 Å². The van der Waals surface area contributed by atoms with E-state index in [1.807, 2.05) is 0 Å². The summed E-state index contributed by atoms with van der Waals surface area (Å²) in [4.78, 5) is 2.37. The number of likely N-dealkylation sites (tertiary alicyclic amines) is 1. The standard InChI is InChI=1S/C14H21FN2O/c1-11(16)14-12(15)5-4-6-13(14)18-10-9-17-7-2-3-8-17/h4-6,11H,2-3,7-10,16H2,1H3/t11-/m1/s1. The van der Waals surface area contributed by atoms with Crippen LogP contribution in [0.3, 0.4) is 0 Å². The van der Waals surface area contributed by atoms with Gasteiger partial charge in [0.25, 0.3) is 0 Å². The quantitative estimate of drug-likeness (QED) is 0.874. The van der Waals surface area contributed by atoms with Crippen LogP contribution in [0.25, 0.3) is 0 Å². The second kappa shape index (κ2) is 6.16. The highest BCUT2D eigenvalue weighted by molar-refractivity contribution is 5.36. The molecule has 0 aliphatic carbocycles. The van der Waals surface area contributed by atoms with Crippen LogP contribution in [-0.4, -0.2) is 31.1 Å². The molecule has 1 heterocycles. The zero-order valence-corrected chi connectivity index (χ0v) is 10.9. The van der Waals surface area contributed by atoms with Crippen molar-refractivity contribution in [2.24, 2.45) is 5.73 Å². The van der Waals surface area contributed by atoms with E-state index in [4.69, 9.17) is 10.5 Å². The second-order valence-corrected chi connectivity index (χ2v) is 4.84. The SMILES string of the molecule is C[C@@H](N)c1c(F)cccc1OCCN1CCCC1. The Morgan fingerprint density at radius 2 is 2.11 bits per heavy atom. The van der Waals surface area contributed by atoms with Gasteiger partial charge in [-0.05, 0) is 45.0 Å². The Morgan fingerprint density at radius 3 is 2.78 bits per heavy atom. The van der Waals surface area contributed by atoms with Crippen molar-refractivity contribution < 1.29 is 9.13 Å². The third-order valence-corrected chi connectivity index (χ3v) is 3.33. The molecule has 1 atom stereocenters. The van der Waals surface area contributed by atoms with Crippen LogP contribution in [0.4, 0.5) is 4.39 Å². The van der Waals surface area contributed by atoms with Crippen molar-refractivity contribution >= 4 is 0 Å². The molecule has 0 bridgehead atoms. The van der Waals surface area contributed by atoms with Crippen molar-refractivity contribution in [1.29, 1.82) is 0 Å². The van der Waals surface area contributed by atoms with Crippen LogP contribution in [0.5, 0.6) is 5.75 Å². The van der Waals surface area contributed by atoms with Gasteiger partial charge in [-0.15, -0.1) is 0 Å². The van der Waals surface area contributed by atoms with Crippen LogP contribution < -0.4 is 10.5 Å². The summed E-state index contributed by atoms with van der Waals surface area (Å²) >= 11 is 0. The van der Waals surface area contributed by atoms with E-state index in [9.17, 15) is 4.39 Å². The van der Waals surface area contributed by atoms with Crippen molar-refractivity contribution in [3.8, 4) is 5.75 Å². The maximum Gasteiger partial charge on any atom is 0.131 e. The van der Waals surface area contributed by atoms with E-state index in [1.54, 1.807) is 19.1 Å². The van der Waals surface area contributed by atoms with Crippen LogP contribution in [0.15, 0.2) is 18.2 Å². The first-order chi connectivity index (χ1) is 8.68. The predicted octanol–water partition coefficient (Wildman–Crippen LogP) is 2.32. The lowest BCUT2D eigenvalue weighted by Gasteiger charge is -2.18. The molecule has 1 aliphatic heterocycles. The number of halogens is 1. The van der Waals surface area contributed by atoms with Gasteiger partial charge in [0.15, 0.2) is 0 Å². The molecular formula is C14H21FN2O. The van der Waals surface area contributed by atoms with Gasteiger partial charge in [0.2, 0.25) is 0 Å². The lowest BCUT2D eigenvalue weighted by molar-refractivity contribution is 0.235. The number of benzene rings is 1. The van der Waals surface area contributed by atoms with E-state index < -0.39 is 0 Å². The van der Waals surface area contributed by atoms with E-state index in [1.165, 1.54) is 18.9 Å². The molecule has 0 aromatic heterocycles. The lowest BCUT2D eigenvalue weighted by Crippen LogP contribution is -2.25. The fraction of sp³-hybridized carbons (Fsp3) is 0.571. The molecule has 0 amide bonds. The number of rotatable bonds is 5. The minimum atomic E-state index is -0.354. The van der Waals surface area contributed by atoms with Crippen molar-refractivity contribution in [2.45, 2.75) is 25.8 Å². The highest BCUT2D eigenvalue weighted by atomic mass is 19.1. The number of hydrogen-bond acceptors (Lipinski definition) is 3. The van der Waals surface area contributed by atoms with Gasteiger partial charge in [-0.3, -0.25) is 4.90 Å². The third kappa shape index (κ3) is 3.21. The maximum atomic E-state index is 13.7. The zero-order valence-electron chi connectivity index (χ0n) is 10.9. The monoisotopic (exact) mass is 252 g/mol. The van der Waals surface area contributed by atoms with Crippen molar-refractivity contribution in [1.82, 2.24) is 4.90 Å². The second-order valence-electron chi connectivity index (χ2n) is 4.84. The summed E-state index contributed by atoms with van der Waals surface area (Å²) in [6, 6.07) is 4.51. The van der Waals surface area contributed by atoms with E-state index in [0.29, 0.717) is 17.9 Å². The minimum Gasteiger partial charge on any atom is -0.492 e. The number of hydrogen-bond donors (Lipinski definition) is 1. The molecule has 1 aromatic carbocycles. The molecule has 2 N–H and O–H groups in total. The maximum absolute atomic E-state index is 13.7. The van der Waals surface area contributed by atoms with Gasteiger partial charge in [-0.2, -0.15) is 0 Å².